The molecule has 5 nitrogen and oxygen atoms in total. The number of hydrogen-bond acceptors (Lipinski definition) is 4. The monoisotopic (exact) mass is 370 g/mol. The first-order chi connectivity index (χ1) is 11.6. The molecule has 0 bridgehead atoms. The summed E-state index contributed by atoms with van der Waals surface area (Å²) >= 11 is 0. The minimum Gasteiger partial charge on any atom is -0.493 e. The van der Waals surface area contributed by atoms with Crippen LogP contribution in [0.25, 0.3) is 0 Å². The lowest BCUT2D eigenvalue weighted by atomic mass is 10.1. The highest BCUT2D eigenvalue weighted by atomic mass is 35.5. The second-order valence-corrected chi connectivity index (χ2v) is 6.78. The Balaban J connectivity index is 0.00000312. The predicted octanol–water partition coefficient (Wildman–Crippen LogP) is 2.84. The fraction of sp³-hybridized carbons (Fsp3) is 0.632. The van der Waals surface area contributed by atoms with Gasteiger partial charge >= 0.3 is 0 Å². The first kappa shape index (κ1) is 21.7. The first-order valence-corrected chi connectivity index (χ1v) is 8.88. The normalized spacial score (nSPS) is 17.0. The molecule has 0 radical (unpaired) electrons. The molecule has 0 aromatic heterocycles. The molecule has 1 saturated heterocycles. The van der Waals surface area contributed by atoms with E-state index in [0.29, 0.717) is 32.2 Å². The highest BCUT2D eigenvalue weighted by Crippen LogP contribution is 2.21. The van der Waals surface area contributed by atoms with E-state index in [2.05, 4.69) is 24.5 Å². The van der Waals surface area contributed by atoms with E-state index in [0.717, 1.165) is 36.3 Å². The van der Waals surface area contributed by atoms with E-state index >= 15 is 0 Å². The Bertz CT molecular complexity index is 531. The summed E-state index contributed by atoms with van der Waals surface area (Å²) in [6.45, 7) is 9.59. The molecular formula is C19H31ClN2O3. The maximum Gasteiger partial charge on any atom is 0.250 e. The zero-order valence-electron chi connectivity index (χ0n) is 15.5. The van der Waals surface area contributed by atoms with E-state index in [-0.39, 0.29) is 18.3 Å². The second kappa shape index (κ2) is 11.3. The summed E-state index contributed by atoms with van der Waals surface area (Å²) in [4.78, 5) is 12.2. The van der Waals surface area contributed by atoms with E-state index in [1.807, 2.05) is 25.1 Å². The molecule has 2 N–H and O–H groups in total. The van der Waals surface area contributed by atoms with Gasteiger partial charge in [-0.15, -0.1) is 12.4 Å². The molecule has 0 spiro atoms. The van der Waals surface area contributed by atoms with E-state index in [9.17, 15) is 4.79 Å². The molecule has 25 heavy (non-hydrogen) atoms. The van der Waals surface area contributed by atoms with Crippen molar-refractivity contribution >= 4 is 18.3 Å². The van der Waals surface area contributed by atoms with Crippen LogP contribution in [0.3, 0.4) is 0 Å². The van der Waals surface area contributed by atoms with Crippen LogP contribution in [0.1, 0.15) is 37.8 Å². The highest BCUT2D eigenvalue weighted by Gasteiger charge is 2.21. The van der Waals surface area contributed by atoms with Gasteiger partial charge in [0, 0.05) is 25.2 Å². The molecule has 2 rings (SSSR count). The predicted molar refractivity (Wildman–Crippen MR) is 102 cm³/mol. The number of amides is 1. The first-order valence-electron chi connectivity index (χ1n) is 8.88. The van der Waals surface area contributed by atoms with Gasteiger partial charge in [0.1, 0.15) is 11.9 Å². The van der Waals surface area contributed by atoms with Gasteiger partial charge in [-0.25, -0.2) is 0 Å². The molecule has 1 aromatic rings. The Labute approximate surface area is 157 Å². The van der Waals surface area contributed by atoms with Gasteiger partial charge in [0.25, 0.3) is 5.91 Å². The van der Waals surface area contributed by atoms with Gasteiger partial charge in [-0.05, 0) is 37.3 Å². The van der Waals surface area contributed by atoms with Crippen LogP contribution in [0, 0.1) is 12.8 Å². The smallest absolute Gasteiger partial charge is 0.250 e. The Morgan fingerprint density at radius 3 is 2.92 bits per heavy atom. The van der Waals surface area contributed by atoms with Crippen molar-refractivity contribution in [3.63, 3.8) is 0 Å². The Kier molecular flexibility index (Phi) is 9.86. The maximum absolute atomic E-state index is 12.2. The fourth-order valence-electron chi connectivity index (χ4n) is 2.65. The lowest BCUT2D eigenvalue weighted by Gasteiger charge is -2.23. The summed E-state index contributed by atoms with van der Waals surface area (Å²) in [6.07, 6.45) is 1.79. The van der Waals surface area contributed by atoms with Gasteiger partial charge in [-0.1, -0.05) is 26.0 Å². The Hall–Kier alpha value is -1.30. The summed E-state index contributed by atoms with van der Waals surface area (Å²) in [7, 11) is 0. The number of aryl methyl sites for hydroxylation is 1. The molecule has 1 unspecified atom stereocenters. The number of carbonyl (C=O) groups is 1. The van der Waals surface area contributed by atoms with E-state index in [1.54, 1.807) is 0 Å². The average Bonchev–Trinajstić information content (AvgIpc) is 2.58. The van der Waals surface area contributed by atoms with Crippen molar-refractivity contribution in [3.8, 4) is 5.75 Å². The lowest BCUT2D eigenvalue weighted by Crippen LogP contribution is -2.47. The van der Waals surface area contributed by atoms with Crippen molar-refractivity contribution in [2.75, 3.05) is 26.3 Å². The number of carbonyl (C=O) groups excluding carboxylic acids is 1. The summed E-state index contributed by atoms with van der Waals surface area (Å²) < 4.78 is 11.4. The Morgan fingerprint density at radius 2 is 2.24 bits per heavy atom. The average molecular weight is 371 g/mol. The van der Waals surface area contributed by atoms with Gasteiger partial charge < -0.3 is 20.1 Å². The molecule has 0 aliphatic carbocycles. The molecule has 1 amide bonds. The molecule has 1 fully saturated rings. The maximum atomic E-state index is 12.2. The number of rotatable bonds is 8. The number of nitrogens with one attached hydrogen (secondary N) is 2. The van der Waals surface area contributed by atoms with Crippen molar-refractivity contribution in [1.29, 1.82) is 0 Å². The van der Waals surface area contributed by atoms with Crippen molar-refractivity contribution in [1.82, 2.24) is 10.6 Å². The third-order valence-electron chi connectivity index (χ3n) is 4.08. The number of benzene rings is 1. The molecule has 1 aliphatic rings. The number of ether oxygens (including phenoxy) is 2. The SMILES string of the molecule is Cc1ccc(CNC(=O)C2CNCCO2)c(OCCCC(C)C)c1.Cl. The van der Waals surface area contributed by atoms with Crippen LogP contribution in [-0.2, 0) is 16.1 Å². The summed E-state index contributed by atoms with van der Waals surface area (Å²) in [5, 5.41) is 6.12. The summed E-state index contributed by atoms with van der Waals surface area (Å²) in [5.41, 5.74) is 2.16. The molecule has 0 saturated carbocycles. The van der Waals surface area contributed by atoms with Crippen LogP contribution < -0.4 is 15.4 Å². The zero-order chi connectivity index (χ0) is 17.4. The van der Waals surface area contributed by atoms with E-state index in [1.165, 1.54) is 0 Å². The lowest BCUT2D eigenvalue weighted by molar-refractivity contribution is -0.134. The fourth-order valence-corrected chi connectivity index (χ4v) is 2.65. The number of morpholine rings is 1. The van der Waals surface area contributed by atoms with Crippen LogP contribution in [-0.4, -0.2) is 38.3 Å². The van der Waals surface area contributed by atoms with Crippen LogP contribution in [0.15, 0.2) is 18.2 Å². The molecule has 1 aliphatic heterocycles. The van der Waals surface area contributed by atoms with Crippen LogP contribution in [0.2, 0.25) is 0 Å². The topological polar surface area (TPSA) is 59.6 Å². The summed E-state index contributed by atoms with van der Waals surface area (Å²) in [6, 6.07) is 6.10. The van der Waals surface area contributed by atoms with Crippen LogP contribution >= 0.6 is 12.4 Å². The van der Waals surface area contributed by atoms with Crippen LogP contribution in [0.5, 0.6) is 5.75 Å². The van der Waals surface area contributed by atoms with Crippen LogP contribution in [0.4, 0.5) is 0 Å². The molecule has 1 aromatic carbocycles. The van der Waals surface area contributed by atoms with Crippen molar-refractivity contribution in [3.05, 3.63) is 29.3 Å². The quantitative estimate of drug-likeness (QED) is 0.691. The van der Waals surface area contributed by atoms with Gasteiger partial charge in [0.15, 0.2) is 0 Å². The standard InChI is InChI=1S/C19H30N2O3.ClH/c1-14(2)5-4-9-23-17-11-15(3)6-7-16(17)12-21-19(22)18-13-20-8-10-24-18;/h6-7,11,14,18,20H,4-5,8-10,12-13H2,1-3H3,(H,21,22);1H. The molecule has 1 heterocycles. The third-order valence-corrected chi connectivity index (χ3v) is 4.08. The minimum absolute atomic E-state index is 0. The third kappa shape index (κ3) is 7.63. The summed E-state index contributed by atoms with van der Waals surface area (Å²) in [5.74, 6) is 1.48. The van der Waals surface area contributed by atoms with Crippen molar-refractivity contribution < 1.29 is 14.3 Å². The van der Waals surface area contributed by atoms with E-state index in [4.69, 9.17) is 9.47 Å². The molecule has 1 atom stereocenters. The van der Waals surface area contributed by atoms with E-state index < -0.39 is 6.10 Å². The number of halogens is 1. The van der Waals surface area contributed by atoms with Gasteiger partial charge in [-0.3, -0.25) is 4.79 Å². The second-order valence-electron chi connectivity index (χ2n) is 6.78. The van der Waals surface area contributed by atoms with Crippen molar-refractivity contribution in [2.45, 2.75) is 46.3 Å². The largest absolute Gasteiger partial charge is 0.493 e. The van der Waals surface area contributed by atoms with Gasteiger partial charge in [-0.2, -0.15) is 0 Å². The minimum atomic E-state index is -0.403. The zero-order valence-corrected chi connectivity index (χ0v) is 16.3. The number of hydrogen-bond donors (Lipinski definition) is 2. The molecule has 142 valence electrons. The highest BCUT2D eigenvalue weighted by molar-refractivity contribution is 5.85. The van der Waals surface area contributed by atoms with Gasteiger partial charge in [0.2, 0.25) is 0 Å². The van der Waals surface area contributed by atoms with Crippen molar-refractivity contribution in [2.24, 2.45) is 5.92 Å². The Morgan fingerprint density at radius 1 is 1.44 bits per heavy atom. The molecule has 6 heteroatoms. The van der Waals surface area contributed by atoms with Gasteiger partial charge in [0.05, 0.1) is 13.2 Å². The molecular weight excluding hydrogens is 340 g/mol.